The Bertz CT molecular complexity index is 335. The first-order valence-corrected chi connectivity index (χ1v) is 11.2. The molecule has 0 atom stereocenters. The van der Waals surface area contributed by atoms with E-state index < -0.39 is 38.2 Å². The van der Waals surface area contributed by atoms with E-state index in [1.807, 2.05) is 13.8 Å². The van der Waals surface area contributed by atoms with Gasteiger partial charge in [-0.05, 0) is 0 Å². The SMILES string of the molecule is CC.CF.COCF.CO[Si](CCC(F)(F)F)(OC)OC.CS([NH-])(=O)(O)F. The largest absolute Gasteiger partial charge is 0.542 e. The van der Waals surface area contributed by atoms with E-state index in [0.717, 1.165) is 0 Å². The molecule has 0 radical (unpaired) electrons. The van der Waals surface area contributed by atoms with Gasteiger partial charge in [-0.15, -0.1) is 13.8 Å². The van der Waals surface area contributed by atoms with Gasteiger partial charge in [-0.2, -0.15) is 17.4 Å². The maximum absolute atomic E-state index is 11.9. The quantitative estimate of drug-likeness (QED) is 0.349. The van der Waals surface area contributed by atoms with Crippen LogP contribution in [0.3, 0.4) is 0 Å². The minimum absolute atomic E-state index is 0.250. The van der Waals surface area contributed by atoms with Crippen molar-refractivity contribution in [3.05, 3.63) is 5.14 Å². The molecular formula is C12H32F6NO6SSi-. The van der Waals surface area contributed by atoms with Crippen molar-refractivity contribution in [1.29, 1.82) is 0 Å². The van der Waals surface area contributed by atoms with Gasteiger partial charge in [0.25, 0.3) is 0 Å². The van der Waals surface area contributed by atoms with Gasteiger partial charge >= 0.3 is 15.0 Å². The highest BCUT2D eigenvalue weighted by Crippen LogP contribution is 2.26. The van der Waals surface area contributed by atoms with E-state index in [1.54, 1.807) is 0 Å². The van der Waals surface area contributed by atoms with E-state index in [1.165, 1.54) is 28.4 Å². The Kier molecular flexibility index (Phi) is 26.4. The van der Waals surface area contributed by atoms with Crippen LogP contribution in [0.15, 0.2) is 0 Å². The molecule has 0 unspecified atom stereocenters. The summed E-state index contributed by atoms with van der Waals surface area (Å²) in [6.07, 6.45) is -4.83. The molecule has 0 aliphatic carbocycles. The topological polar surface area (TPSA) is 98.0 Å². The minimum atomic E-state index is -5.35. The normalized spacial score (nSPS) is 12.2. The average molecular weight is 461 g/mol. The lowest BCUT2D eigenvalue weighted by Crippen LogP contribution is -2.43. The lowest BCUT2D eigenvalue weighted by Gasteiger charge is -2.31. The lowest BCUT2D eigenvalue weighted by molar-refractivity contribution is -0.132. The summed E-state index contributed by atoms with van der Waals surface area (Å²) in [5.41, 5.74) is 0. The van der Waals surface area contributed by atoms with E-state index in [4.69, 9.17) is 23.0 Å². The van der Waals surface area contributed by atoms with E-state index in [2.05, 4.69) is 4.74 Å². The van der Waals surface area contributed by atoms with Crippen molar-refractivity contribution >= 4 is 18.7 Å². The second-order valence-electron chi connectivity index (χ2n) is 3.97. The van der Waals surface area contributed by atoms with Crippen LogP contribution in [0.4, 0.5) is 25.8 Å². The first-order valence-electron chi connectivity index (χ1n) is 7.07. The highest BCUT2D eigenvalue weighted by Gasteiger charge is 2.42. The van der Waals surface area contributed by atoms with Crippen molar-refractivity contribution in [2.24, 2.45) is 0 Å². The summed E-state index contributed by atoms with van der Waals surface area (Å²) < 4.78 is 102. The summed E-state index contributed by atoms with van der Waals surface area (Å²) in [6, 6.07) is -0.250. The van der Waals surface area contributed by atoms with Crippen LogP contribution < -0.4 is 0 Å². The third-order valence-electron chi connectivity index (χ3n) is 1.76. The van der Waals surface area contributed by atoms with Gasteiger partial charge < -0.3 is 23.2 Å². The van der Waals surface area contributed by atoms with Crippen molar-refractivity contribution in [1.82, 2.24) is 0 Å². The molecule has 0 rings (SSSR count). The van der Waals surface area contributed by atoms with E-state index >= 15 is 0 Å². The smallest absolute Gasteiger partial charge is 0.500 e. The number of rotatable bonds is 6. The molecule has 7 nitrogen and oxygen atoms in total. The Labute approximate surface area is 158 Å². The Morgan fingerprint density at radius 2 is 1.26 bits per heavy atom. The van der Waals surface area contributed by atoms with Gasteiger partial charge in [0.2, 0.25) is 0 Å². The zero-order valence-corrected chi connectivity index (χ0v) is 18.6. The van der Waals surface area contributed by atoms with Crippen LogP contribution in [-0.4, -0.2) is 72.5 Å². The molecule has 15 heteroatoms. The van der Waals surface area contributed by atoms with Crippen molar-refractivity contribution in [3.63, 3.8) is 0 Å². The predicted molar refractivity (Wildman–Crippen MR) is 95.7 cm³/mol. The molecule has 0 aromatic heterocycles. The molecule has 0 aliphatic heterocycles. The second kappa shape index (κ2) is 19.0. The fraction of sp³-hybridized carbons (Fsp3) is 1.00. The molecule has 0 aromatic carbocycles. The molecule has 0 aromatic rings. The van der Waals surface area contributed by atoms with Gasteiger partial charge in [-0.3, -0.25) is 8.94 Å². The first-order chi connectivity index (χ1) is 12.0. The molecule has 0 saturated carbocycles. The highest BCUT2D eigenvalue weighted by atomic mass is 32.3. The van der Waals surface area contributed by atoms with Crippen LogP contribution in [0.5, 0.6) is 0 Å². The molecule has 0 spiro atoms. The van der Waals surface area contributed by atoms with Crippen LogP contribution in [-0.2, 0) is 27.9 Å². The lowest BCUT2D eigenvalue weighted by atomic mass is 10.5. The standard InChI is InChI=1S/C6H13F3O3Si.C2H5FO.C2H6.CH5FNO2S.CH3F/c1-10-13(11-2,12-3)5-4-6(7,8)9;1-4-2-3;1-2;1-6(2,3,4)5;1-2/h4-5H2,1-3H3;2H2,1H3;1-2H3;1H3,(H2-,3,4,5);1H3/q;;;-1;. The van der Waals surface area contributed by atoms with Gasteiger partial charge in [-0.25, -0.2) is 4.39 Å². The molecule has 0 fully saturated rings. The second-order valence-corrected chi connectivity index (χ2v) is 9.40. The summed E-state index contributed by atoms with van der Waals surface area (Å²) in [7, 11) is -2.73. The van der Waals surface area contributed by atoms with E-state index in [-0.39, 0.29) is 6.04 Å². The molecule has 0 amide bonds. The number of hydrogen-bond donors (Lipinski definition) is 1. The van der Waals surface area contributed by atoms with Crippen molar-refractivity contribution in [3.8, 4) is 0 Å². The summed E-state index contributed by atoms with van der Waals surface area (Å²) in [6.45, 7) is 3.32. The number of methoxy groups -OCH3 is 1. The van der Waals surface area contributed by atoms with Crippen LogP contribution >= 0.6 is 0 Å². The Morgan fingerprint density at radius 1 is 1.04 bits per heavy atom. The zero-order chi connectivity index (χ0) is 23.4. The Balaban J connectivity index is -0.0000000957. The summed E-state index contributed by atoms with van der Waals surface area (Å²) >= 11 is 0. The van der Waals surface area contributed by atoms with Gasteiger partial charge in [0.15, 0.2) is 6.86 Å². The molecule has 0 bridgehead atoms. The third kappa shape index (κ3) is 51.8. The highest BCUT2D eigenvalue weighted by molar-refractivity contribution is 8.11. The third-order valence-corrected chi connectivity index (χ3v) is 4.49. The first kappa shape index (κ1) is 37.5. The van der Waals surface area contributed by atoms with Crippen molar-refractivity contribution in [2.75, 3.05) is 48.7 Å². The van der Waals surface area contributed by atoms with Gasteiger partial charge in [0.05, 0.1) is 7.18 Å². The molecular weight excluding hydrogens is 428 g/mol. The van der Waals surface area contributed by atoms with Crippen LogP contribution in [0.25, 0.3) is 5.14 Å². The van der Waals surface area contributed by atoms with Gasteiger partial charge in [-0.1, -0.05) is 13.8 Å². The zero-order valence-electron chi connectivity index (χ0n) is 16.8. The number of halogens is 6. The number of hydrogen-bond acceptors (Lipinski definition) is 5. The summed E-state index contributed by atoms with van der Waals surface area (Å²) in [5, 5.41) is 5.73. The predicted octanol–water partition coefficient (Wildman–Crippen LogP) is 4.75. The number of nitrogens with one attached hydrogen (secondary N) is 1. The molecule has 174 valence electrons. The molecule has 2 N–H and O–H groups in total. The number of alkyl halides is 5. The van der Waals surface area contributed by atoms with Crippen molar-refractivity contribution in [2.45, 2.75) is 32.5 Å². The molecule has 0 aliphatic rings. The molecule has 0 heterocycles. The van der Waals surface area contributed by atoms with Gasteiger partial charge in [0, 0.05) is 47.2 Å². The van der Waals surface area contributed by atoms with Crippen LogP contribution in [0, 0.1) is 0 Å². The van der Waals surface area contributed by atoms with E-state index in [0.29, 0.717) is 13.4 Å². The molecule has 0 saturated heterocycles. The maximum Gasteiger partial charge on any atom is 0.500 e. The number of ether oxygens (including phenoxy) is 1. The maximum atomic E-state index is 11.9. The van der Waals surface area contributed by atoms with Crippen molar-refractivity contribution < 1.29 is 52.6 Å². The van der Waals surface area contributed by atoms with Crippen LogP contribution in [0.2, 0.25) is 6.04 Å². The Morgan fingerprint density at radius 3 is 1.37 bits per heavy atom. The monoisotopic (exact) mass is 460 g/mol. The van der Waals surface area contributed by atoms with E-state index in [9.17, 15) is 30.0 Å². The fourth-order valence-corrected chi connectivity index (χ4v) is 2.55. The summed E-state index contributed by atoms with van der Waals surface area (Å²) in [4.78, 5) is 0. The van der Waals surface area contributed by atoms with Gasteiger partial charge in [0.1, 0.15) is 0 Å². The average Bonchev–Trinajstić information content (AvgIpc) is 2.57. The summed E-state index contributed by atoms with van der Waals surface area (Å²) in [5.74, 6) is 0. The fourth-order valence-electron chi connectivity index (χ4n) is 0.851. The van der Waals surface area contributed by atoms with Crippen LogP contribution in [0.1, 0.15) is 20.3 Å². The molecule has 27 heavy (non-hydrogen) atoms. The Hall–Kier alpha value is -0.293. The minimum Gasteiger partial charge on any atom is -0.542 e.